The Kier molecular flexibility index (Phi) is 6.30. The number of nitrogens with zero attached hydrogens (tertiary/aromatic N) is 2. The van der Waals surface area contributed by atoms with Crippen LogP contribution in [0.2, 0.25) is 0 Å². The summed E-state index contributed by atoms with van der Waals surface area (Å²) in [5.74, 6) is 1.69. The van der Waals surface area contributed by atoms with Gasteiger partial charge in [-0.2, -0.15) is 0 Å². The van der Waals surface area contributed by atoms with Gasteiger partial charge >= 0.3 is 0 Å². The molecular formula is C17H22N4O3S. The number of aryl methyl sites for hydroxylation is 1. The molecule has 25 heavy (non-hydrogen) atoms. The molecule has 0 spiro atoms. The summed E-state index contributed by atoms with van der Waals surface area (Å²) in [7, 11) is 0. The molecule has 0 unspecified atom stereocenters. The van der Waals surface area contributed by atoms with E-state index >= 15 is 0 Å². The Morgan fingerprint density at radius 2 is 2.36 bits per heavy atom. The summed E-state index contributed by atoms with van der Waals surface area (Å²) in [6, 6.07) is 7.81. The highest BCUT2D eigenvalue weighted by Gasteiger charge is 2.16. The molecule has 1 atom stereocenters. The van der Waals surface area contributed by atoms with Gasteiger partial charge in [0.25, 0.3) is 0 Å². The van der Waals surface area contributed by atoms with Gasteiger partial charge in [-0.15, -0.1) is 5.10 Å². The van der Waals surface area contributed by atoms with Crippen molar-refractivity contribution in [1.29, 1.82) is 0 Å². The monoisotopic (exact) mass is 362 g/mol. The van der Waals surface area contributed by atoms with Crippen LogP contribution in [0, 0.1) is 6.92 Å². The van der Waals surface area contributed by atoms with E-state index in [-0.39, 0.29) is 17.8 Å². The highest BCUT2D eigenvalue weighted by atomic mass is 32.2. The SMILES string of the molecule is Cc1ccccc1OCc1nc(SCC(=O)NC[C@@H]2CCCO2)n[nH]1. The van der Waals surface area contributed by atoms with Crippen molar-refractivity contribution in [1.82, 2.24) is 20.5 Å². The van der Waals surface area contributed by atoms with Gasteiger partial charge in [-0.25, -0.2) is 4.98 Å². The van der Waals surface area contributed by atoms with Gasteiger partial charge in [0.1, 0.15) is 12.4 Å². The molecular weight excluding hydrogens is 340 g/mol. The van der Waals surface area contributed by atoms with Gasteiger partial charge in [-0.3, -0.25) is 9.89 Å². The smallest absolute Gasteiger partial charge is 0.230 e. The van der Waals surface area contributed by atoms with Crippen molar-refractivity contribution in [3.8, 4) is 5.75 Å². The van der Waals surface area contributed by atoms with Crippen molar-refractivity contribution < 1.29 is 14.3 Å². The van der Waals surface area contributed by atoms with Crippen LogP contribution in [0.1, 0.15) is 24.2 Å². The average Bonchev–Trinajstić information content (AvgIpc) is 3.29. The third kappa shape index (κ3) is 5.47. The van der Waals surface area contributed by atoms with Crippen molar-refractivity contribution in [2.24, 2.45) is 0 Å². The first-order chi connectivity index (χ1) is 12.2. The van der Waals surface area contributed by atoms with Crippen LogP contribution in [0.4, 0.5) is 0 Å². The number of aromatic nitrogens is 3. The normalized spacial score (nSPS) is 16.8. The van der Waals surface area contributed by atoms with Crippen LogP contribution >= 0.6 is 11.8 Å². The van der Waals surface area contributed by atoms with Crippen LogP contribution in [0.5, 0.6) is 5.75 Å². The van der Waals surface area contributed by atoms with Gasteiger partial charge in [0.05, 0.1) is 11.9 Å². The number of ether oxygens (including phenoxy) is 2. The predicted molar refractivity (Wildman–Crippen MR) is 94.6 cm³/mol. The first kappa shape index (κ1) is 17.8. The number of amides is 1. The van der Waals surface area contributed by atoms with Gasteiger partial charge < -0.3 is 14.8 Å². The molecule has 8 heteroatoms. The summed E-state index contributed by atoms with van der Waals surface area (Å²) < 4.78 is 11.2. The molecule has 1 fully saturated rings. The van der Waals surface area contributed by atoms with Gasteiger partial charge in [0.2, 0.25) is 11.1 Å². The first-order valence-electron chi connectivity index (χ1n) is 8.31. The molecule has 1 amide bonds. The third-order valence-corrected chi connectivity index (χ3v) is 4.70. The van der Waals surface area contributed by atoms with E-state index in [9.17, 15) is 4.79 Å². The second-order valence-corrected chi connectivity index (χ2v) is 6.79. The van der Waals surface area contributed by atoms with Gasteiger partial charge in [-0.05, 0) is 31.4 Å². The molecule has 1 saturated heterocycles. The molecule has 0 aliphatic carbocycles. The van der Waals surface area contributed by atoms with E-state index in [4.69, 9.17) is 9.47 Å². The Morgan fingerprint density at radius 3 is 3.16 bits per heavy atom. The largest absolute Gasteiger partial charge is 0.485 e. The third-order valence-electron chi connectivity index (χ3n) is 3.85. The number of thioether (sulfide) groups is 1. The number of para-hydroxylation sites is 1. The summed E-state index contributed by atoms with van der Waals surface area (Å²) in [6.45, 7) is 3.67. The van der Waals surface area contributed by atoms with Crippen molar-refractivity contribution in [2.75, 3.05) is 18.9 Å². The lowest BCUT2D eigenvalue weighted by molar-refractivity contribution is -0.119. The number of rotatable bonds is 8. The number of hydrogen-bond donors (Lipinski definition) is 2. The summed E-state index contributed by atoms with van der Waals surface area (Å²) >= 11 is 1.29. The highest BCUT2D eigenvalue weighted by molar-refractivity contribution is 7.99. The maximum Gasteiger partial charge on any atom is 0.230 e. The summed E-state index contributed by atoms with van der Waals surface area (Å²) in [5.41, 5.74) is 1.07. The first-order valence-corrected chi connectivity index (χ1v) is 9.30. The number of H-pyrrole nitrogens is 1. The topological polar surface area (TPSA) is 89.1 Å². The average molecular weight is 362 g/mol. The Labute approximate surface area is 150 Å². The van der Waals surface area contributed by atoms with E-state index in [1.165, 1.54) is 11.8 Å². The Hall–Kier alpha value is -2.06. The molecule has 0 saturated carbocycles. The Bertz CT molecular complexity index is 701. The molecule has 1 aromatic heterocycles. The fourth-order valence-corrected chi connectivity index (χ4v) is 3.13. The summed E-state index contributed by atoms with van der Waals surface area (Å²) in [4.78, 5) is 16.2. The van der Waals surface area contributed by atoms with E-state index in [2.05, 4.69) is 20.5 Å². The molecule has 2 N–H and O–H groups in total. The van der Waals surface area contributed by atoms with Crippen molar-refractivity contribution >= 4 is 17.7 Å². The van der Waals surface area contributed by atoms with Gasteiger partial charge in [-0.1, -0.05) is 30.0 Å². The predicted octanol–water partition coefficient (Wildman–Crippen LogP) is 2.08. The molecule has 134 valence electrons. The lowest BCUT2D eigenvalue weighted by atomic mass is 10.2. The second-order valence-electron chi connectivity index (χ2n) is 5.85. The molecule has 2 aromatic rings. The van der Waals surface area contributed by atoms with Crippen LogP contribution in [-0.4, -0.2) is 46.1 Å². The van der Waals surface area contributed by atoms with E-state index in [1.54, 1.807) is 0 Å². The fraction of sp³-hybridized carbons (Fsp3) is 0.471. The van der Waals surface area contributed by atoms with E-state index in [0.29, 0.717) is 24.1 Å². The minimum Gasteiger partial charge on any atom is -0.485 e. The summed E-state index contributed by atoms with van der Waals surface area (Å²) in [5, 5.41) is 10.4. The zero-order valence-corrected chi connectivity index (χ0v) is 15.0. The number of carbonyl (C=O) groups is 1. The van der Waals surface area contributed by atoms with E-state index in [0.717, 1.165) is 30.8 Å². The second kappa shape index (κ2) is 8.87. The number of aromatic amines is 1. The number of hydrogen-bond acceptors (Lipinski definition) is 6. The van der Waals surface area contributed by atoms with Crippen molar-refractivity contribution in [2.45, 2.75) is 37.6 Å². The van der Waals surface area contributed by atoms with Crippen LogP contribution in [0.3, 0.4) is 0 Å². The fourth-order valence-electron chi connectivity index (χ4n) is 2.49. The molecule has 1 aliphatic rings. The molecule has 7 nitrogen and oxygen atoms in total. The van der Waals surface area contributed by atoms with Crippen LogP contribution in [-0.2, 0) is 16.1 Å². The molecule has 0 bridgehead atoms. The number of benzene rings is 1. The van der Waals surface area contributed by atoms with Crippen molar-refractivity contribution in [3.63, 3.8) is 0 Å². The molecule has 1 aliphatic heterocycles. The standard InChI is InChI=1S/C17H22N4O3S/c1-12-5-2-3-7-14(12)24-10-15-19-17(21-20-15)25-11-16(22)18-9-13-6-4-8-23-13/h2-3,5,7,13H,4,6,8-11H2,1H3,(H,18,22)(H,19,20,21)/t13-/m0/s1. The minimum atomic E-state index is -0.0389. The minimum absolute atomic E-state index is 0.0389. The lowest BCUT2D eigenvalue weighted by Crippen LogP contribution is -2.32. The zero-order valence-electron chi connectivity index (χ0n) is 14.2. The zero-order chi connectivity index (χ0) is 17.5. The highest BCUT2D eigenvalue weighted by Crippen LogP contribution is 2.18. The summed E-state index contributed by atoms with van der Waals surface area (Å²) in [6.07, 6.45) is 2.24. The van der Waals surface area contributed by atoms with E-state index < -0.39 is 0 Å². The van der Waals surface area contributed by atoms with Gasteiger partial charge in [0.15, 0.2) is 5.82 Å². The lowest BCUT2D eigenvalue weighted by Gasteiger charge is -2.09. The van der Waals surface area contributed by atoms with Crippen LogP contribution in [0.25, 0.3) is 0 Å². The maximum absolute atomic E-state index is 11.9. The van der Waals surface area contributed by atoms with Crippen LogP contribution < -0.4 is 10.1 Å². The Balaban J connectivity index is 1.39. The molecule has 1 aromatic carbocycles. The van der Waals surface area contributed by atoms with E-state index in [1.807, 2.05) is 31.2 Å². The Morgan fingerprint density at radius 1 is 1.48 bits per heavy atom. The van der Waals surface area contributed by atoms with Gasteiger partial charge in [0, 0.05) is 13.2 Å². The number of nitrogens with one attached hydrogen (secondary N) is 2. The molecule has 0 radical (unpaired) electrons. The van der Waals surface area contributed by atoms with Crippen LogP contribution in [0.15, 0.2) is 29.4 Å². The maximum atomic E-state index is 11.9. The molecule has 3 rings (SSSR count). The van der Waals surface area contributed by atoms with Crippen molar-refractivity contribution in [3.05, 3.63) is 35.7 Å². The molecule has 2 heterocycles. The number of carbonyl (C=O) groups excluding carboxylic acids is 1. The quantitative estimate of drug-likeness (QED) is 0.699.